The number of nitriles is 1. The third-order valence-corrected chi connectivity index (χ3v) is 4.15. The number of aromatic nitrogens is 2. The van der Waals surface area contributed by atoms with E-state index in [1.54, 1.807) is 0 Å². The van der Waals surface area contributed by atoms with Crippen LogP contribution in [0, 0.1) is 25.2 Å². The van der Waals surface area contributed by atoms with Gasteiger partial charge in [-0.1, -0.05) is 0 Å². The molecule has 1 fully saturated rings. The van der Waals surface area contributed by atoms with Crippen molar-refractivity contribution in [1.82, 2.24) is 14.7 Å². The van der Waals surface area contributed by atoms with Crippen LogP contribution in [0.15, 0.2) is 0 Å². The molecule has 2 heterocycles. The van der Waals surface area contributed by atoms with Crippen molar-refractivity contribution in [1.29, 1.82) is 5.26 Å². The zero-order chi connectivity index (χ0) is 16.1. The van der Waals surface area contributed by atoms with Crippen molar-refractivity contribution in [2.24, 2.45) is 0 Å². The van der Waals surface area contributed by atoms with Crippen molar-refractivity contribution in [2.45, 2.75) is 52.7 Å². The number of carbonyl (C=O) groups is 1. The summed E-state index contributed by atoms with van der Waals surface area (Å²) < 4.78 is 7.34. The molecule has 0 unspecified atom stereocenters. The first-order valence-electron chi connectivity index (χ1n) is 7.82. The summed E-state index contributed by atoms with van der Waals surface area (Å²) in [5, 5.41) is 13.2. The third kappa shape index (κ3) is 3.86. The largest absolute Gasteiger partial charge is 0.375 e. The molecule has 1 saturated heterocycles. The number of aryl methyl sites for hydroxylation is 2. The van der Waals surface area contributed by atoms with Crippen LogP contribution in [-0.4, -0.2) is 46.4 Å². The molecule has 120 valence electrons. The van der Waals surface area contributed by atoms with Gasteiger partial charge in [0.15, 0.2) is 0 Å². The Labute approximate surface area is 131 Å². The van der Waals surface area contributed by atoms with Crippen molar-refractivity contribution in [3.8, 4) is 6.07 Å². The van der Waals surface area contributed by atoms with Gasteiger partial charge in [-0.15, -0.1) is 0 Å². The van der Waals surface area contributed by atoms with Crippen molar-refractivity contribution in [2.75, 3.05) is 19.7 Å². The fourth-order valence-corrected chi connectivity index (χ4v) is 2.90. The molecule has 0 N–H and O–H groups in total. The number of nitrogens with zero attached hydrogens (tertiary/aromatic N) is 4. The first kappa shape index (κ1) is 16.5. The molecule has 1 aromatic heterocycles. The Kier molecular flexibility index (Phi) is 5.56. The highest BCUT2D eigenvalue weighted by Gasteiger charge is 2.22. The van der Waals surface area contributed by atoms with Crippen LogP contribution in [0.4, 0.5) is 0 Å². The molecular formula is C16H24N4O2. The van der Waals surface area contributed by atoms with E-state index in [-0.39, 0.29) is 12.0 Å². The van der Waals surface area contributed by atoms with Gasteiger partial charge in [-0.25, -0.2) is 0 Å². The molecule has 2 rings (SSSR count). The van der Waals surface area contributed by atoms with Crippen molar-refractivity contribution < 1.29 is 9.53 Å². The summed E-state index contributed by atoms with van der Waals surface area (Å²) in [6.45, 7) is 8.56. The molecule has 1 aromatic rings. The molecule has 1 atom stereocenters. The zero-order valence-electron chi connectivity index (χ0n) is 13.6. The molecule has 0 aliphatic carbocycles. The summed E-state index contributed by atoms with van der Waals surface area (Å²) in [6, 6.07) is 2.14. The van der Waals surface area contributed by atoms with E-state index in [9.17, 15) is 4.79 Å². The van der Waals surface area contributed by atoms with E-state index in [1.807, 2.05) is 30.4 Å². The van der Waals surface area contributed by atoms with Gasteiger partial charge in [-0.2, -0.15) is 10.4 Å². The van der Waals surface area contributed by atoms with Gasteiger partial charge in [0.1, 0.15) is 0 Å². The van der Waals surface area contributed by atoms with Crippen molar-refractivity contribution in [3.63, 3.8) is 0 Å². The number of morpholine rings is 1. The lowest BCUT2D eigenvalue weighted by Gasteiger charge is -2.31. The average Bonchev–Trinajstić information content (AvgIpc) is 2.77. The Morgan fingerprint density at radius 1 is 1.50 bits per heavy atom. The molecule has 0 saturated carbocycles. The molecule has 22 heavy (non-hydrogen) atoms. The second-order valence-corrected chi connectivity index (χ2v) is 5.80. The maximum Gasteiger partial charge on any atom is 0.223 e. The average molecular weight is 304 g/mol. The molecule has 0 radical (unpaired) electrons. The van der Waals surface area contributed by atoms with Gasteiger partial charge >= 0.3 is 0 Å². The lowest BCUT2D eigenvalue weighted by atomic mass is 10.1. The molecule has 1 amide bonds. The molecule has 1 aliphatic heterocycles. The summed E-state index contributed by atoms with van der Waals surface area (Å²) in [5.74, 6) is 0.179. The SMILES string of the molecule is Cc1nn(CCC#N)c(C)c1CCC(=O)N1CCO[C@@H](C)C1. The van der Waals surface area contributed by atoms with E-state index in [0.29, 0.717) is 45.5 Å². The van der Waals surface area contributed by atoms with Crippen molar-refractivity contribution in [3.05, 3.63) is 17.0 Å². The molecule has 0 bridgehead atoms. The van der Waals surface area contributed by atoms with Gasteiger partial charge in [0, 0.05) is 25.2 Å². The van der Waals surface area contributed by atoms with Crippen LogP contribution in [0.1, 0.15) is 36.7 Å². The fourth-order valence-electron chi connectivity index (χ4n) is 2.90. The number of ether oxygens (including phenoxy) is 1. The van der Waals surface area contributed by atoms with Crippen molar-refractivity contribution >= 4 is 5.91 Å². The topological polar surface area (TPSA) is 71.2 Å². The number of hydrogen-bond donors (Lipinski definition) is 0. The standard InChI is InChI=1S/C16H24N4O2/c1-12-11-19(9-10-22-12)16(21)6-5-15-13(2)18-20(14(15)3)8-4-7-17/h12H,4-6,8-11H2,1-3H3/t12-/m0/s1. The van der Waals surface area contributed by atoms with Crippen LogP contribution >= 0.6 is 0 Å². The molecule has 6 heteroatoms. The second kappa shape index (κ2) is 7.41. The normalized spacial score (nSPS) is 18.3. The van der Waals surface area contributed by atoms with E-state index >= 15 is 0 Å². The molecule has 0 aromatic carbocycles. The predicted molar refractivity (Wildman–Crippen MR) is 82.2 cm³/mol. The lowest BCUT2D eigenvalue weighted by Crippen LogP contribution is -2.44. The van der Waals surface area contributed by atoms with E-state index in [0.717, 1.165) is 17.0 Å². The molecule has 6 nitrogen and oxygen atoms in total. The predicted octanol–water partition coefficient (Wildman–Crippen LogP) is 1.59. The maximum atomic E-state index is 12.3. The van der Waals surface area contributed by atoms with Crippen LogP contribution < -0.4 is 0 Å². The Bertz CT molecular complexity index is 573. The van der Waals surface area contributed by atoms with Gasteiger partial charge < -0.3 is 9.64 Å². The highest BCUT2D eigenvalue weighted by atomic mass is 16.5. The second-order valence-electron chi connectivity index (χ2n) is 5.80. The monoisotopic (exact) mass is 304 g/mol. The fraction of sp³-hybridized carbons (Fsp3) is 0.688. The van der Waals surface area contributed by atoms with E-state index in [2.05, 4.69) is 11.2 Å². The zero-order valence-corrected chi connectivity index (χ0v) is 13.6. The number of rotatable bonds is 5. The molecule has 1 aliphatic rings. The van der Waals surface area contributed by atoms with Gasteiger partial charge in [0.25, 0.3) is 0 Å². The van der Waals surface area contributed by atoms with Gasteiger partial charge in [0.05, 0.1) is 37.4 Å². The van der Waals surface area contributed by atoms with Crippen LogP contribution in [0.25, 0.3) is 0 Å². The smallest absolute Gasteiger partial charge is 0.223 e. The van der Waals surface area contributed by atoms with E-state index in [1.165, 1.54) is 0 Å². The minimum Gasteiger partial charge on any atom is -0.375 e. The van der Waals surface area contributed by atoms with Crippen LogP contribution in [-0.2, 0) is 22.5 Å². The van der Waals surface area contributed by atoms with Gasteiger partial charge in [0.2, 0.25) is 5.91 Å². The quantitative estimate of drug-likeness (QED) is 0.828. The third-order valence-electron chi connectivity index (χ3n) is 4.15. The lowest BCUT2D eigenvalue weighted by molar-refractivity contribution is -0.138. The Morgan fingerprint density at radius 2 is 2.27 bits per heavy atom. The summed E-state index contributed by atoms with van der Waals surface area (Å²) in [6.07, 6.45) is 1.77. The highest BCUT2D eigenvalue weighted by molar-refractivity contribution is 5.76. The van der Waals surface area contributed by atoms with Crippen LogP contribution in [0.2, 0.25) is 0 Å². The summed E-state index contributed by atoms with van der Waals surface area (Å²) in [4.78, 5) is 14.2. The van der Waals surface area contributed by atoms with Crippen LogP contribution in [0.5, 0.6) is 0 Å². The van der Waals surface area contributed by atoms with E-state index in [4.69, 9.17) is 10.00 Å². The maximum absolute atomic E-state index is 12.3. The number of amides is 1. The van der Waals surface area contributed by atoms with Gasteiger partial charge in [-0.3, -0.25) is 9.48 Å². The van der Waals surface area contributed by atoms with E-state index < -0.39 is 0 Å². The van der Waals surface area contributed by atoms with Gasteiger partial charge in [-0.05, 0) is 32.8 Å². The number of carbonyl (C=O) groups excluding carboxylic acids is 1. The summed E-state index contributed by atoms with van der Waals surface area (Å²) >= 11 is 0. The number of hydrogen-bond acceptors (Lipinski definition) is 4. The first-order valence-corrected chi connectivity index (χ1v) is 7.82. The Hall–Kier alpha value is -1.87. The first-order chi connectivity index (χ1) is 10.5. The summed E-state index contributed by atoms with van der Waals surface area (Å²) in [5.41, 5.74) is 3.15. The Balaban J connectivity index is 1.95. The Morgan fingerprint density at radius 3 is 2.95 bits per heavy atom. The minimum absolute atomic E-state index is 0.120. The van der Waals surface area contributed by atoms with Crippen LogP contribution in [0.3, 0.4) is 0 Å². The highest BCUT2D eigenvalue weighted by Crippen LogP contribution is 2.17. The molecule has 0 spiro atoms. The summed E-state index contributed by atoms with van der Waals surface area (Å²) in [7, 11) is 0. The minimum atomic E-state index is 0.120. The molecular weight excluding hydrogens is 280 g/mol.